The Morgan fingerprint density at radius 1 is 1.06 bits per heavy atom. The highest BCUT2D eigenvalue weighted by Gasteiger charge is 1.95. The minimum Gasteiger partial charge on any atom is -0.508 e. The molecule has 18 heavy (non-hydrogen) atoms. The van der Waals surface area contributed by atoms with E-state index in [4.69, 9.17) is 15.6 Å². The Morgan fingerprint density at radius 2 is 1.72 bits per heavy atom. The Balaban J connectivity index is 0.000000184. The van der Waals surface area contributed by atoms with Crippen LogP contribution in [0.25, 0.3) is 0 Å². The van der Waals surface area contributed by atoms with Crippen molar-refractivity contribution < 1.29 is 9.84 Å². The number of benzene rings is 2. The van der Waals surface area contributed by atoms with Gasteiger partial charge >= 0.3 is 0 Å². The number of nitrogen functional groups attached to an aromatic ring is 1. The van der Waals surface area contributed by atoms with E-state index in [0.717, 1.165) is 16.9 Å². The van der Waals surface area contributed by atoms with Gasteiger partial charge in [0.1, 0.15) is 11.5 Å². The zero-order chi connectivity index (χ0) is 13.5. The lowest BCUT2D eigenvalue weighted by Gasteiger charge is -2.03. The normalized spacial score (nSPS) is 9.28. The zero-order valence-electron chi connectivity index (χ0n) is 11.0. The van der Waals surface area contributed by atoms with Crippen LogP contribution in [0.1, 0.15) is 11.1 Å². The summed E-state index contributed by atoms with van der Waals surface area (Å²) in [5, 5.41) is 8.92. The van der Waals surface area contributed by atoms with E-state index >= 15 is 0 Å². The predicted molar refractivity (Wildman–Crippen MR) is 75.0 cm³/mol. The van der Waals surface area contributed by atoms with Gasteiger partial charge in [0.25, 0.3) is 0 Å². The fraction of sp³-hybridized carbons (Fsp3) is 0.200. The largest absolute Gasteiger partial charge is 0.508 e. The van der Waals surface area contributed by atoms with E-state index in [2.05, 4.69) is 0 Å². The lowest BCUT2D eigenvalue weighted by atomic mass is 10.2. The van der Waals surface area contributed by atoms with Crippen molar-refractivity contribution in [3.63, 3.8) is 0 Å². The van der Waals surface area contributed by atoms with Crippen molar-refractivity contribution in [2.75, 3.05) is 12.8 Å². The quantitative estimate of drug-likeness (QED) is 0.758. The summed E-state index contributed by atoms with van der Waals surface area (Å²) >= 11 is 0. The second-order valence-electron chi connectivity index (χ2n) is 4.03. The number of hydrogen-bond acceptors (Lipinski definition) is 3. The SMILES string of the molecule is COc1ccc(C)cc1N.Cc1ccccc1O. The molecule has 0 bridgehead atoms. The molecular formula is C15H19NO2. The van der Waals surface area contributed by atoms with Gasteiger partial charge in [0.15, 0.2) is 0 Å². The predicted octanol–water partition coefficient (Wildman–Crippen LogP) is 3.29. The maximum absolute atomic E-state index is 8.92. The number of aromatic hydroxyl groups is 1. The van der Waals surface area contributed by atoms with Gasteiger partial charge in [0.2, 0.25) is 0 Å². The number of ether oxygens (including phenoxy) is 1. The molecule has 0 fully saturated rings. The molecule has 0 saturated carbocycles. The second-order valence-corrected chi connectivity index (χ2v) is 4.03. The van der Waals surface area contributed by atoms with Crippen molar-refractivity contribution >= 4 is 5.69 Å². The second kappa shape index (κ2) is 6.55. The summed E-state index contributed by atoms with van der Waals surface area (Å²) < 4.78 is 4.97. The topological polar surface area (TPSA) is 55.5 Å². The summed E-state index contributed by atoms with van der Waals surface area (Å²) in [6, 6.07) is 13.0. The van der Waals surface area contributed by atoms with E-state index < -0.39 is 0 Å². The summed E-state index contributed by atoms with van der Waals surface area (Å²) in [5.74, 6) is 1.11. The number of phenols is 1. The third-order valence-electron chi connectivity index (χ3n) is 2.50. The number of hydrogen-bond donors (Lipinski definition) is 2. The molecule has 96 valence electrons. The number of para-hydroxylation sites is 1. The van der Waals surface area contributed by atoms with Gasteiger partial charge in [0, 0.05) is 0 Å². The summed E-state index contributed by atoms with van der Waals surface area (Å²) in [5.41, 5.74) is 8.38. The highest BCUT2D eigenvalue weighted by Crippen LogP contribution is 2.20. The summed E-state index contributed by atoms with van der Waals surface area (Å²) in [7, 11) is 1.61. The first-order valence-corrected chi connectivity index (χ1v) is 5.69. The number of rotatable bonds is 1. The number of nitrogens with two attached hydrogens (primary N) is 1. The number of phenolic OH excluding ortho intramolecular Hbond substituents is 1. The van der Waals surface area contributed by atoms with E-state index in [-0.39, 0.29) is 0 Å². The number of methoxy groups -OCH3 is 1. The lowest BCUT2D eigenvalue weighted by molar-refractivity contribution is 0.417. The molecule has 3 N–H and O–H groups in total. The maximum atomic E-state index is 8.92. The molecule has 0 aromatic heterocycles. The third kappa shape index (κ3) is 4.01. The van der Waals surface area contributed by atoms with Crippen LogP contribution >= 0.6 is 0 Å². The average molecular weight is 245 g/mol. The molecule has 3 heteroatoms. The number of aryl methyl sites for hydroxylation is 2. The molecule has 0 aliphatic rings. The van der Waals surface area contributed by atoms with Gasteiger partial charge in [-0.3, -0.25) is 0 Å². The molecule has 0 amide bonds. The zero-order valence-corrected chi connectivity index (χ0v) is 11.0. The molecule has 0 aliphatic carbocycles. The van der Waals surface area contributed by atoms with Gasteiger partial charge in [-0.1, -0.05) is 24.3 Å². The van der Waals surface area contributed by atoms with Gasteiger partial charge < -0.3 is 15.6 Å². The molecule has 2 aromatic carbocycles. The molecule has 2 rings (SSSR count). The summed E-state index contributed by atoms with van der Waals surface area (Å²) in [6.07, 6.45) is 0. The van der Waals surface area contributed by atoms with Crippen LogP contribution in [0.2, 0.25) is 0 Å². The smallest absolute Gasteiger partial charge is 0.141 e. The molecule has 0 heterocycles. The summed E-state index contributed by atoms with van der Waals surface area (Å²) in [6.45, 7) is 3.87. The van der Waals surface area contributed by atoms with Gasteiger partial charge in [0.05, 0.1) is 12.8 Å². The van der Waals surface area contributed by atoms with Crippen LogP contribution in [-0.2, 0) is 0 Å². The van der Waals surface area contributed by atoms with Crippen LogP contribution in [0.5, 0.6) is 11.5 Å². The Kier molecular flexibility index (Phi) is 5.06. The van der Waals surface area contributed by atoms with E-state index in [0.29, 0.717) is 11.4 Å². The van der Waals surface area contributed by atoms with Gasteiger partial charge in [-0.05, 0) is 43.2 Å². The number of anilines is 1. The van der Waals surface area contributed by atoms with Crippen molar-refractivity contribution in [1.82, 2.24) is 0 Å². The average Bonchev–Trinajstić information content (AvgIpc) is 2.34. The molecular weight excluding hydrogens is 226 g/mol. The van der Waals surface area contributed by atoms with Crippen molar-refractivity contribution in [2.45, 2.75) is 13.8 Å². The van der Waals surface area contributed by atoms with E-state index in [1.54, 1.807) is 13.2 Å². The fourth-order valence-corrected chi connectivity index (χ4v) is 1.42. The molecule has 2 aromatic rings. The Bertz CT molecular complexity index is 489. The van der Waals surface area contributed by atoms with Gasteiger partial charge in [-0.15, -0.1) is 0 Å². The van der Waals surface area contributed by atoms with Crippen molar-refractivity contribution in [3.8, 4) is 11.5 Å². The highest BCUT2D eigenvalue weighted by molar-refractivity contribution is 5.53. The van der Waals surface area contributed by atoms with Gasteiger partial charge in [-0.25, -0.2) is 0 Å². The van der Waals surface area contributed by atoms with Crippen LogP contribution in [0.3, 0.4) is 0 Å². The van der Waals surface area contributed by atoms with Crippen LogP contribution in [0, 0.1) is 13.8 Å². The Labute approximate surface area is 108 Å². The maximum Gasteiger partial charge on any atom is 0.141 e. The summed E-state index contributed by atoms with van der Waals surface area (Å²) in [4.78, 5) is 0. The molecule has 0 atom stereocenters. The minimum absolute atomic E-state index is 0.368. The first-order chi connectivity index (χ1) is 8.54. The monoisotopic (exact) mass is 245 g/mol. The molecule has 0 saturated heterocycles. The molecule has 0 unspecified atom stereocenters. The van der Waals surface area contributed by atoms with Crippen LogP contribution in [0.4, 0.5) is 5.69 Å². The molecule has 0 spiro atoms. The molecule has 0 aliphatic heterocycles. The lowest BCUT2D eigenvalue weighted by Crippen LogP contribution is -1.91. The van der Waals surface area contributed by atoms with Gasteiger partial charge in [-0.2, -0.15) is 0 Å². The van der Waals surface area contributed by atoms with Crippen LogP contribution in [0.15, 0.2) is 42.5 Å². The van der Waals surface area contributed by atoms with E-state index in [1.807, 2.05) is 50.2 Å². The van der Waals surface area contributed by atoms with Crippen molar-refractivity contribution in [2.24, 2.45) is 0 Å². The van der Waals surface area contributed by atoms with Crippen LogP contribution in [-0.4, -0.2) is 12.2 Å². The minimum atomic E-state index is 0.368. The molecule has 3 nitrogen and oxygen atoms in total. The third-order valence-corrected chi connectivity index (χ3v) is 2.50. The first kappa shape index (κ1) is 13.9. The highest BCUT2D eigenvalue weighted by atomic mass is 16.5. The Morgan fingerprint density at radius 3 is 2.17 bits per heavy atom. The van der Waals surface area contributed by atoms with Crippen molar-refractivity contribution in [1.29, 1.82) is 0 Å². The Hall–Kier alpha value is -2.16. The van der Waals surface area contributed by atoms with Crippen molar-refractivity contribution in [3.05, 3.63) is 53.6 Å². The van der Waals surface area contributed by atoms with E-state index in [9.17, 15) is 0 Å². The standard InChI is InChI=1S/C8H11NO.C7H8O/c1-6-3-4-8(10-2)7(9)5-6;1-6-4-2-3-5-7(6)8/h3-5H,9H2,1-2H3;2-5,8H,1H3. The van der Waals surface area contributed by atoms with E-state index in [1.165, 1.54) is 0 Å². The first-order valence-electron chi connectivity index (χ1n) is 5.69. The fourth-order valence-electron chi connectivity index (χ4n) is 1.42. The molecule has 0 radical (unpaired) electrons. The van der Waals surface area contributed by atoms with Crippen LogP contribution < -0.4 is 10.5 Å².